The lowest BCUT2D eigenvalue weighted by Gasteiger charge is -2.33. The van der Waals surface area contributed by atoms with E-state index in [0.717, 1.165) is 64.4 Å². The lowest BCUT2D eigenvalue weighted by molar-refractivity contribution is -0.129. The highest BCUT2D eigenvalue weighted by Crippen LogP contribution is 2.24. The van der Waals surface area contributed by atoms with Crippen LogP contribution < -0.4 is 15.5 Å². The quantitative estimate of drug-likeness (QED) is 0.355. The van der Waals surface area contributed by atoms with Crippen LogP contribution >= 0.6 is 35.3 Å². The van der Waals surface area contributed by atoms with Gasteiger partial charge in [-0.3, -0.25) is 9.79 Å². The Bertz CT molecular complexity index is 581. The van der Waals surface area contributed by atoms with Gasteiger partial charge in [0.05, 0.1) is 11.5 Å². The number of piperidine rings is 1. The van der Waals surface area contributed by atoms with Crippen molar-refractivity contribution < 1.29 is 4.79 Å². The molecule has 2 aliphatic rings. The third-order valence-electron chi connectivity index (χ3n) is 5.05. The number of carbonyl (C=O) groups is 1. The molecule has 0 saturated carbocycles. The van der Waals surface area contributed by atoms with E-state index in [0.29, 0.717) is 19.0 Å². The monoisotopic (exact) mass is 505 g/mol. The van der Waals surface area contributed by atoms with Crippen LogP contribution in [0.1, 0.15) is 39.0 Å². The van der Waals surface area contributed by atoms with Crippen LogP contribution in [-0.4, -0.2) is 62.1 Å². The number of hydrogen-bond donors (Lipinski definition) is 2. The molecule has 0 aliphatic carbocycles. The van der Waals surface area contributed by atoms with Gasteiger partial charge in [0, 0.05) is 45.2 Å². The van der Waals surface area contributed by atoms with E-state index in [1.807, 2.05) is 16.2 Å². The number of rotatable bonds is 6. The van der Waals surface area contributed by atoms with Crippen LogP contribution in [0.2, 0.25) is 0 Å². The van der Waals surface area contributed by atoms with E-state index < -0.39 is 0 Å². The molecular weight excluding hydrogens is 473 g/mol. The summed E-state index contributed by atoms with van der Waals surface area (Å²) in [4.78, 5) is 21.2. The molecule has 1 aromatic rings. The number of hydrogen-bond acceptors (Lipinski definition) is 4. The number of amides is 1. The van der Waals surface area contributed by atoms with Gasteiger partial charge in [0.15, 0.2) is 5.96 Å². The van der Waals surface area contributed by atoms with Crippen molar-refractivity contribution in [2.75, 3.05) is 44.2 Å². The number of nitrogens with zero attached hydrogens (tertiary/aromatic N) is 3. The van der Waals surface area contributed by atoms with Crippen molar-refractivity contribution in [1.82, 2.24) is 15.5 Å². The first kappa shape index (κ1) is 22.3. The lowest BCUT2D eigenvalue weighted by atomic mass is 10.1. The van der Waals surface area contributed by atoms with Gasteiger partial charge in [0.2, 0.25) is 5.91 Å². The maximum atomic E-state index is 12.1. The molecule has 27 heavy (non-hydrogen) atoms. The molecule has 0 bridgehead atoms. The van der Waals surface area contributed by atoms with Crippen LogP contribution in [0.4, 0.5) is 5.00 Å². The predicted molar refractivity (Wildman–Crippen MR) is 125 cm³/mol. The van der Waals surface area contributed by atoms with Gasteiger partial charge in [-0.05, 0) is 50.1 Å². The van der Waals surface area contributed by atoms with Crippen molar-refractivity contribution in [2.24, 2.45) is 4.99 Å². The molecule has 1 amide bonds. The number of anilines is 1. The lowest BCUT2D eigenvalue weighted by Crippen LogP contribution is -2.48. The fraction of sp³-hybridized carbons (Fsp3) is 0.684. The predicted octanol–water partition coefficient (Wildman–Crippen LogP) is 2.90. The van der Waals surface area contributed by atoms with Crippen LogP contribution in [0.15, 0.2) is 22.5 Å². The number of thiophene rings is 1. The molecule has 0 radical (unpaired) electrons. The second-order valence-electron chi connectivity index (χ2n) is 6.96. The van der Waals surface area contributed by atoms with E-state index in [1.165, 1.54) is 5.00 Å². The van der Waals surface area contributed by atoms with Gasteiger partial charge < -0.3 is 20.4 Å². The largest absolute Gasteiger partial charge is 0.363 e. The first-order valence-electron chi connectivity index (χ1n) is 9.87. The fourth-order valence-corrected chi connectivity index (χ4v) is 4.38. The van der Waals surface area contributed by atoms with Crippen molar-refractivity contribution in [3.05, 3.63) is 17.5 Å². The van der Waals surface area contributed by atoms with Crippen LogP contribution in [0.25, 0.3) is 0 Å². The number of guanidine groups is 1. The summed E-state index contributed by atoms with van der Waals surface area (Å²) in [6.07, 6.45) is 5.00. The van der Waals surface area contributed by atoms with Gasteiger partial charge in [-0.25, -0.2) is 0 Å². The molecule has 152 valence electrons. The molecule has 2 fully saturated rings. The summed E-state index contributed by atoms with van der Waals surface area (Å²) >= 11 is 1.81. The second-order valence-corrected chi connectivity index (χ2v) is 7.88. The van der Waals surface area contributed by atoms with E-state index in [1.54, 1.807) is 0 Å². The smallest absolute Gasteiger partial charge is 0.224 e. The number of carbonyl (C=O) groups excluding carboxylic acids is 1. The molecule has 0 atom stereocenters. The van der Waals surface area contributed by atoms with E-state index in [2.05, 4.69) is 45.0 Å². The Balaban J connectivity index is 0.00000261. The van der Waals surface area contributed by atoms with Crippen LogP contribution in [0, 0.1) is 0 Å². The zero-order chi connectivity index (χ0) is 18.2. The number of likely N-dealkylation sites (tertiary alicyclic amines) is 1. The van der Waals surface area contributed by atoms with Crippen molar-refractivity contribution in [2.45, 2.75) is 45.1 Å². The molecule has 1 aromatic heterocycles. The highest BCUT2D eigenvalue weighted by atomic mass is 127. The average Bonchev–Trinajstić information content (AvgIpc) is 3.36. The van der Waals surface area contributed by atoms with Crippen molar-refractivity contribution in [1.29, 1.82) is 0 Å². The maximum absolute atomic E-state index is 12.1. The highest BCUT2D eigenvalue weighted by molar-refractivity contribution is 14.0. The van der Waals surface area contributed by atoms with Gasteiger partial charge in [0.25, 0.3) is 0 Å². The van der Waals surface area contributed by atoms with Gasteiger partial charge in [-0.15, -0.1) is 35.3 Å². The van der Waals surface area contributed by atoms with Crippen molar-refractivity contribution in [3.8, 4) is 0 Å². The van der Waals surface area contributed by atoms with E-state index >= 15 is 0 Å². The molecule has 3 rings (SSSR count). The number of nitrogens with one attached hydrogen (secondary N) is 2. The second kappa shape index (κ2) is 11.7. The van der Waals surface area contributed by atoms with Crippen LogP contribution in [0.3, 0.4) is 0 Å². The van der Waals surface area contributed by atoms with Crippen LogP contribution in [0.5, 0.6) is 0 Å². The maximum Gasteiger partial charge on any atom is 0.224 e. The summed E-state index contributed by atoms with van der Waals surface area (Å²) in [5, 5.41) is 10.4. The summed E-state index contributed by atoms with van der Waals surface area (Å²) in [6.45, 7) is 7.45. The third-order valence-corrected chi connectivity index (χ3v) is 5.98. The fourth-order valence-electron chi connectivity index (χ4n) is 3.60. The summed E-state index contributed by atoms with van der Waals surface area (Å²) in [6, 6.07) is 4.75. The Morgan fingerprint density at radius 1 is 1.26 bits per heavy atom. The van der Waals surface area contributed by atoms with Crippen LogP contribution in [-0.2, 0) is 4.79 Å². The molecule has 3 heterocycles. The zero-order valence-corrected chi connectivity index (χ0v) is 19.3. The molecule has 0 unspecified atom stereocenters. The molecule has 2 aliphatic heterocycles. The summed E-state index contributed by atoms with van der Waals surface area (Å²) in [5.41, 5.74) is 0. The van der Waals surface area contributed by atoms with Crippen molar-refractivity contribution in [3.63, 3.8) is 0 Å². The Morgan fingerprint density at radius 3 is 2.63 bits per heavy atom. The topological polar surface area (TPSA) is 60.0 Å². The average molecular weight is 505 g/mol. The van der Waals surface area contributed by atoms with E-state index in [-0.39, 0.29) is 29.9 Å². The Labute approximate surface area is 183 Å². The number of aliphatic imine (C=N–C) groups is 1. The first-order chi connectivity index (χ1) is 12.8. The van der Waals surface area contributed by atoms with Gasteiger partial charge >= 0.3 is 0 Å². The molecule has 0 aromatic carbocycles. The summed E-state index contributed by atoms with van der Waals surface area (Å²) < 4.78 is 0. The molecular formula is C19H32IN5OS. The SMILES string of the molecule is CCNC(=NCCC(=O)N1CCCC1)NC1CCN(c2cccs2)CC1.I. The molecule has 6 nitrogen and oxygen atoms in total. The zero-order valence-electron chi connectivity index (χ0n) is 16.2. The van der Waals surface area contributed by atoms with Gasteiger partial charge in [-0.2, -0.15) is 0 Å². The molecule has 2 N–H and O–H groups in total. The minimum Gasteiger partial charge on any atom is -0.363 e. The molecule has 0 spiro atoms. The Morgan fingerprint density at radius 2 is 2.00 bits per heavy atom. The van der Waals surface area contributed by atoms with E-state index in [4.69, 9.17) is 0 Å². The first-order valence-corrected chi connectivity index (χ1v) is 10.8. The minimum atomic E-state index is 0. The highest BCUT2D eigenvalue weighted by Gasteiger charge is 2.21. The Kier molecular flexibility index (Phi) is 9.67. The minimum absolute atomic E-state index is 0. The molecule has 2 saturated heterocycles. The molecule has 8 heteroatoms. The van der Waals surface area contributed by atoms with E-state index in [9.17, 15) is 4.79 Å². The summed E-state index contributed by atoms with van der Waals surface area (Å²) in [7, 11) is 0. The van der Waals surface area contributed by atoms with Gasteiger partial charge in [0.1, 0.15) is 0 Å². The Hall–Kier alpha value is -1.03. The standard InChI is InChI=1S/C19H31N5OS.HI/c1-2-20-19(21-10-7-17(25)23-11-3-4-12-23)22-16-8-13-24(14-9-16)18-6-5-15-26-18;/h5-6,15-16H,2-4,7-14H2,1H3,(H2,20,21,22);1H. The third kappa shape index (κ3) is 6.81. The van der Waals surface area contributed by atoms with Crippen molar-refractivity contribution >= 4 is 52.2 Å². The summed E-state index contributed by atoms with van der Waals surface area (Å²) in [5.74, 6) is 1.09. The normalized spacial score (nSPS) is 18.3. The number of halogens is 1. The van der Waals surface area contributed by atoms with Gasteiger partial charge in [-0.1, -0.05) is 0 Å².